The topological polar surface area (TPSA) is 78.0 Å². The summed E-state index contributed by atoms with van der Waals surface area (Å²) in [6.07, 6.45) is 1.65. The van der Waals surface area contributed by atoms with Gasteiger partial charge < -0.3 is 15.4 Å². The molecule has 0 aliphatic heterocycles. The van der Waals surface area contributed by atoms with E-state index >= 15 is 0 Å². The Morgan fingerprint density at radius 1 is 1.39 bits per heavy atom. The van der Waals surface area contributed by atoms with E-state index in [-0.39, 0.29) is 24.2 Å². The van der Waals surface area contributed by atoms with Crippen molar-refractivity contribution in [2.45, 2.75) is 52.6 Å². The first-order valence-electron chi connectivity index (χ1n) is 6.40. The van der Waals surface area contributed by atoms with E-state index in [9.17, 15) is 4.79 Å². The van der Waals surface area contributed by atoms with E-state index in [4.69, 9.17) is 5.11 Å². The molecule has 2 unspecified atom stereocenters. The number of aromatic amines is 1. The second kappa shape index (κ2) is 6.66. The SMILES string of the molecule is Cc1nc(C)c(C(C)NC(C)CCCO)c(=O)[nH]1. The molecule has 2 atom stereocenters. The van der Waals surface area contributed by atoms with Crippen molar-refractivity contribution in [2.75, 3.05) is 6.61 Å². The molecule has 0 aromatic carbocycles. The van der Waals surface area contributed by atoms with Crippen LogP contribution in [0, 0.1) is 13.8 Å². The lowest BCUT2D eigenvalue weighted by atomic mass is 10.1. The molecule has 3 N–H and O–H groups in total. The summed E-state index contributed by atoms with van der Waals surface area (Å²) in [4.78, 5) is 18.9. The molecule has 1 rings (SSSR count). The number of hydrogen-bond acceptors (Lipinski definition) is 4. The molecule has 1 heterocycles. The summed E-state index contributed by atoms with van der Waals surface area (Å²) in [5.41, 5.74) is 1.39. The van der Waals surface area contributed by atoms with Crippen LogP contribution in [0.4, 0.5) is 0 Å². The second-order valence-electron chi connectivity index (χ2n) is 4.81. The summed E-state index contributed by atoms with van der Waals surface area (Å²) in [6.45, 7) is 7.85. The van der Waals surface area contributed by atoms with Crippen molar-refractivity contribution in [2.24, 2.45) is 0 Å². The van der Waals surface area contributed by atoms with Crippen molar-refractivity contribution in [3.8, 4) is 0 Å². The van der Waals surface area contributed by atoms with E-state index in [1.165, 1.54) is 0 Å². The minimum absolute atomic E-state index is 0.0458. The van der Waals surface area contributed by atoms with E-state index in [0.29, 0.717) is 11.4 Å². The molecule has 0 aliphatic rings. The molecule has 0 aliphatic carbocycles. The number of aryl methyl sites for hydroxylation is 2. The minimum atomic E-state index is -0.0747. The van der Waals surface area contributed by atoms with E-state index in [1.807, 2.05) is 13.8 Å². The fourth-order valence-corrected chi connectivity index (χ4v) is 2.24. The zero-order valence-corrected chi connectivity index (χ0v) is 11.6. The average Bonchev–Trinajstić information content (AvgIpc) is 2.24. The second-order valence-corrected chi connectivity index (χ2v) is 4.81. The van der Waals surface area contributed by atoms with Gasteiger partial charge in [0.1, 0.15) is 5.82 Å². The zero-order chi connectivity index (χ0) is 13.7. The Kier molecular flexibility index (Phi) is 5.50. The number of aliphatic hydroxyl groups is 1. The van der Waals surface area contributed by atoms with E-state index < -0.39 is 0 Å². The third-order valence-corrected chi connectivity index (χ3v) is 3.03. The van der Waals surface area contributed by atoms with Crippen LogP contribution in [0.3, 0.4) is 0 Å². The number of rotatable bonds is 6. The lowest BCUT2D eigenvalue weighted by Gasteiger charge is -2.20. The molecule has 18 heavy (non-hydrogen) atoms. The Morgan fingerprint density at radius 2 is 2.06 bits per heavy atom. The van der Waals surface area contributed by atoms with E-state index in [1.54, 1.807) is 6.92 Å². The van der Waals surface area contributed by atoms with Crippen LogP contribution in [-0.2, 0) is 0 Å². The Balaban J connectivity index is 2.78. The summed E-state index contributed by atoms with van der Waals surface area (Å²) in [5, 5.41) is 12.2. The number of nitrogens with zero attached hydrogens (tertiary/aromatic N) is 1. The van der Waals surface area contributed by atoms with Crippen LogP contribution in [0.1, 0.15) is 49.8 Å². The van der Waals surface area contributed by atoms with Crippen LogP contribution in [0.25, 0.3) is 0 Å². The van der Waals surface area contributed by atoms with Crippen molar-refractivity contribution in [1.82, 2.24) is 15.3 Å². The Morgan fingerprint density at radius 3 is 2.61 bits per heavy atom. The smallest absolute Gasteiger partial charge is 0.255 e. The van der Waals surface area contributed by atoms with Gasteiger partial charge in [-0.2, -0.15) is 0 Å². The molecule has 0 saturated heterocycles. The van der Waals surface area contributed by atoms with Gasteiger partial charge in [-0.1, -0.05) is 0 Å². The van der Waals surface area contributed by atoms with Gasteiger partial charge >= 0.3 is 0 Å². The van der Waals surface area contributed by atoms with Crippen LogP contribution < -0.4 is 10.9 Å². The molecule has 102 valence electrons. The fraction of sp³-hybridized carbons (Fsp3) is 0.692. The molecule has 5 nitrogen and oxygen atoms in total. The van der Waals surface area contributed by atoms with Crippen molar-refractivity contribution in [1.29, 1.82) is 0 Å². The van der Waals surface area contributed by atoms with E-state index in [2.05, 4.69) is 22.2 Å². The van der Waals surface area contributed by atoms with Gasteiger partial charge in [0, 0.05) is 24.4 Å². The molecular formula is C13H23N3O2. The van der Waals surface area contributed by atoms with E-state index in [0.717, 1.165) is 18.5 Å². The lowest BCUT2D eigenvalue weighted by molar-refractivity contribution is 0.274. The zero-order valence-electron chi connectivity index (χ0n) is 11.6. The van der Waals surface area contributed by atoms with Gasteiger partial charge in [-0.25, -0.2) is 4.98 Å². The highest BCUT2D eigenvalue weighted by molar-refractivity contribution is 5.20. The standard InChI is InChI=1S/C13H23N3O2/c1-8(6-5-7-17)14-9(2)12-10(3)15-11(4)16-13(12)18/h8-9,14,17H,5-7H2,1-4H3,(H,15,16,18). The van der Waals surface area contributed by atoms with Gasteiger partial charge in [0.25, 0.3) is 5.56 Å². The molecule has 0 amide bonds. The lowest BCUT2D eigenvalue weighted by Crippen LogP contribution is -2.33. The summed E-state index contributed by atoms with van der Waals surface area (Å²) in [7, 11) is 0. The first-order chi connectivity index (χ1) is 8.45. The summed E-state index contributed by atoms with van der Waals surface area (Å²) < 4.78 is 0. The van der Waals surface area contributed by atoms with Gasteiger partial charge in [-0.05, 0) is 40.5 Å². The Bertz CT molecular complexity index is 442. The molecule has 0 radical (unpaired) electrons. The van der Waals surface area contributed by atoms with Gasteiger partial charge in [0.2, 0.25) is 0 Å². The van der Waals surface area contributed by atoms with Crippen molar-refractivity contribution >= 4 is 0 Å². The first-order valence-corrected chi connectivity index (χ1v) is 6.40. The van der Waals surface area contributed by atoms with Crippen molar-refractivity contribution < 1.29 is 5.11 Å². The summed E-state index contributed by atoms with van der Waals surface area (Å²) in [5.74, 6) is 0.641. The summed E-state index contributed by atoms with van der Waals surface area (Å²) in [6, 6.07) is 0.211. The monoisotopic (exact) mass is 253 g/mol. The largest absolute Gasteiger partial charge is 0.396 e. The Hall–Kier alpha value is -1.20. The predicted molar refractivity (Wildman–Crippen MR) is 71.7 cm³/mol. The van der Waals surface area contributed by atoms with Gasteiger partial charge in [-0.15, -0.1) is 0 Å². The number of aliphatic hydroxyl groups excluding tert-OH is 1. The molecular weight excluding hydrogens is 230 g/mol. The fourth-order valence-electron chi connectivity index (χ4n) is 2.24. The van der Waals surface area contributed by atoms with Crippen molar-refractivity contribution in [3.63, 3.8) is 0 Å². The highest BCUT2D eigenvalue weighted by atomic mass is 16.2. The maximum absolute atomic E-state index is 11.9. The normalized spacial score (nSPS) is 14.5. The van der Waals surface area contributed by atoms with Crippen LogP contribution in [0.2, 0.25) is 0 Å². The van der Waals surface area contributed by atoms with Crippen LogP contribution in [0.15, 0.2) is 4.79 Å². The van der Waals surface area contributed by atoms with Gasteiger partial charge in [-0.3, -0.25) is 4.79 Å². The number of hydrogen-bond donors (Lipinski definition) is 3. The molecule has 0 spiro atoms. The maximum atomic E-state index is 11.9. The minimum Gasteiger partial charge on any atom is -0.396 e. The van der Waals surface area contributed by atoms with Gasteiger partial charge in [0.15, 0.2) is 0 Å². The molecule has 0 saturated carbocycles. The molecule has 0 bridgehead atoms. The van der Waals surface area contributed by atoms with Gasteiger partial charge in [0.05, 0.1) is 5.56 Å². The van der Waals surface area contributed by atoms with Crippen molar-refractivity contribution in [3.05, 3.63) is 27.4 Å². The Labute approximate surface area is 108 Å². The number of nitrogens with one attached hydrogen (secondary N) is 2. The number of H-pyrrole nitrogens is 1. The third-order valence-electron chi connectivity index (χ3n) is 3.03. The average molecular weight is 253 g/mol. The molecule has 1 aromatic heterocycles. The van der Waals surface area contributed by atoms with Crippen LogP contribution in [0.5, 0.6) is 0 Å². The van der Waals surface area contributed by atoms with Crippen LogP contribution in [-0.4, -0.2) is 27.7 Å². The highest BCUT2D eigenvalue weighted by Gasteiger charge is 2.16. The first kappa shape index (κ1) is 14.9. The van der Waals surface area contributed by atoms with Crippen LogP contribution >= 0.6 is 0 Å². The molecule has 5 heteroatoms. The number of aromatic nitrogens is 2. The third kappa shape index (κ3) is 3.92. The summed E-state index contributed by atoms with van der Waals surface area (Å²) >= 11 is 0. The maximum Gasteiger partial charge on any atom is 0.255 e. The highest BCUT2D eigenvalue weighted by Crippen LogP contribution is 2.12. The molecule has 1 aromatic rings. The quantitative estimate of drug-likeness (QED) is 0.712. The molecule has 0 fully saturated rings. The predicted octanol–water partition coefficient (Wildman–Crippen LogP) is 1.20.